The predicted octanol–water partition coefficient (Wildman–Crippen LogP) is 5.80. The standard InChI is InChI=1S/C25H19N5O3S/c1-15-12-13-18(30(32)33)14-20(15)26-16(2)22-23(17-8-4-3-5-9-17)28-29(24(22)31)25-27-19-10-6-7-11-21(19)34-25/h3-14,28H,1-2H3. The second-order valence-electron chi connectivity index (χ2n) is 7.76. The van der Waals surface area contributed by atoms with Gasteiger partial charge in [-0.3, -0.25) is 25.0 Å². The van der Waals surface area contributed by atoms with Gasteiger partial charge in [-0.15, -0.1) is 0 Å². The molecule has 8 nitrogen and oxygen atoms in total. The molecule has 0 aliphatic rings. The van der Waals surface area contributed by atoms with Crippen LogP contribution in [0.15, 0.2) is 82.6 Å². The highest BCUT2D eigenvalue weighted by atomic mass is 32.1. The number of nitro benzene ring substituents is 1. The summed E-state index contributed by atoms with van der Waals surface area (Å²) < 4.78 is 2.40. The second-order valence-corrected chi connectivity index (χ2v) is 8.77. The average molecular weight is 470 g/mol. The van der Waals surface area contributed by atoms with Crippen molar-refractivity contribution in [2.75, 3.05) is 0 Å². The molecule has 0 unspecified atom stereocenters. The van der Waals surface area contributed by atoms with Crippen LogP contribution in [0.4, 0.5) is 11.4 Å². The van der Waals surface area contributed by atoms with Crippen LogP contribution < -0.4 is 5.56 Å². The smallest absolute Gasteiger partial charge is 0.283 e. The zero-order valence-electron chi connectivity index (χ0n) is 18.4. The molecule has 2 aromatic heterocycles. The normalized spacial score (nSPS) is 11.8. The van der Waals surface area contributed by atoms with E-state index < -0.39 is 4.92 Å². The van der Waals surface area contributed by atoms with Crippen LogP contribution in [0.1, 0.15) is 18.1 Å². The third-order valence-electron chi connectivity index (χ3n) is 5.48. The summed E-state index contributed by atoms with van der Waals surface area (Å²) in [5.74, 6) is 0. The zero-order valence-corrected chi connectivity index (χ0v) is 19.2. The van der Waals surface area contributed by atoms with Gasteiger partial charge in [0.15, 0.2) is 0 Å². The number of aryl methyl sites for hydroxylation is 1. The maximum atomic E-state index is 13.6. The largest absolute Gasteiger partial charge is 0.288 e. The van der Waals surface area contributed by atoms with E-state index in [9.17, 15) is 14.9 Å². The first-order valence-electron chi connectivity index (χ1n) is 10.5. The average Bonchev–Trinajstić information content (AvgIpc) is 3.41. The van der Waals surface area contributed by atoms with Gasteiger partial charge in [-0.1, -0.05) is 59.9 Å². The molecule has 0 radical (unpaired) electrons. The maximum absolute atomic E-state index is 13.6. The van der Waals surface area contributed by atoms with Crippen LogP contribution in [0.5, 0.6) is 0 Å². The van der Waals surface area contributed by atoms with E-state index >= 15 is 0 Å². The molecule has 34 heavy (non-hydrogen) atoms. The molecular weight excluding hydrogens is 450 g/mol. The van der Waals surface area contributed by atoms with Gasteiger partial charge in [0.05, 0.1) is 37.8 Å². The molecule has 1 N–H and O–H groups in total. The number of non-ortho nitro benzene ring substituents is 1. The number of fused-ring (bicyclic) bond motifs is 1. The maximum Gasteiger partial charge on any atom is 0.283 e. The quantitative estimate of drug-likeness (QED) is 0.199. The molecule has 0 atom stereocenters. The molecule has 3 aromatic carbocycles. The van der Waals surface area contributed by atoms with Gasteiger partial charge in [0.25, 0.3) is 11.2 Å². The highest BCUT2D eigenvalue weighted by Gasteiger charge is 2.21. The minimum Gasteiger partial charge on any atom is -0.288 e. The summed E-state index contributed by atoms with van der Waals surface area (Å²) in [5, 5.41) is 15.0. The summed E-state index contributed by atoms with van der Waals surface area (Å²) in [7, 11) is 0. The van der Waals surface area contributed by atoms with E-state index in [0.29, 0.717) is 27.8 Å². The Morgan fingerprint density at radius 2 is 1.82 bits per heavy atom. The number of aromatic amines is 1. The Labute approximate surface area is 198 Å². The number of H-pyrrole nitrogens is 1. The number of aliphatic imine (C=N–C) groups is 1. The fourth-order valence-corrected chi connectivity index (χ4v) is 4.67. The number of hydrogen-bond donors (Lipinski definition) is 1. The summed E-state index contributed by atoms with van der Waals surface area (Å²) in [6, 6.07) is 21.7. The van der Waals surface area contributed by atoms with Crippen molar-refractivity contribution < 1.29 is 4.92 Å². The molecule has 0 amide bonds. The van der Waals surface area contributed by atoms with Crippen LogP contribution >= 0.6 is 11.3 Å². The van der Waals surface area contributed by atoms with Gasteiger partial charge in [-0.05, 0) is 31.5 Å². The van der Waals surface area contributed by atoms with Crippen molar-refractivity contribution >= 4 is 38.6 Å². The van der Waals surface area contributed by atoms with E-state index in [0.717, 1.165) is 21.3 Å². The summed E-state index contributed by atoms with van der Waals surface area (Å²) >= 11 is 1.41. The first-order valence-corrected chi connectivity index (χ1v) is 11.3. The van der Waals surface area contributed by atoms with Crippen molar-refractivity contribution in [3.05, 3.63) is 104 Å². The van der Waals surface area contributed by atoms with Gasteiger partial charge in [0.2, 0.25) is 5.13 Å². The Balaban J connectivity index is 1.71. The molecule has 0 aliphatic heterocycles. The molecule has 0 saturated heterocycles. The van der Waals surface area contributed by atoms with Crippen LogP contribution in [0.2, 0.25) is 0 Å². The zero-order chi connectivity index (χ0) is 23.8. The predicted molar refractivity (Wildman–Crippen MR) is 135 cm³/mol. The van der Waals surface area contributed by atoms with Gasteiger partial charge in [0.1, 0.15) is 0 Å². The molecule has 0 bridgehead atoms. The molecule has 2 heterocycles. The number of hydrogen-bond acceptors (Lipinski definition) is 6. The topological polar surface area (TPSA) is 106 Å². The Morgan fingerprint density at radius 3 is 2.56 bits per heavy atom. The van der Waals surface area contributed by atoms with E-state index in [2.05, 4.69) is 15.1 Å². The van der Waals surface area contributed by atoms with Crippen molar-refractivity contribution in [1.82, 2.24) is 14.8 Å². The van der Waals surface area contributed by atoms with Crippen molar-refractivity contribution in [2.45, 2.75) is 13.8 Å². The van der Waals surface area contributed by atoms with Gasteiger partial charge < -0.3 is 0 Å². The minimum atomic E-state index is -0.459. The molecule has 9 heteroatoms. The van der Waals surface area contributed by atoms with Crippen LogP contribution in [0.3, 0.4) is 0 Å². The summed E-state index contributed by atoms with van der Waals surface area (Å²) in [6.45, 7) is 3.56. The lowest BCUT2D eigenvalue weighted by Crippen LogP contribution is -2.19. The number of aromatic nitrogens is 3. The van der Waals surface area contributed by atoms with E-state index in [-0.39, 0.29) is 11.2 Å². The molecular formula is C25H19N5O3S. The third kappa shape index (κ3) is 3.82. The van der Waals surface area contributed by atoms with Crippen molar-refractivity contribution in [3.63, 3.8) is 0 Å². The molecule has 0 saturated carbocycles. The monoisotopic (exact) mass is 469 g/mol. The van der Waals surface area contributed by atoms with E-state index in [1.54, 1.807) is 13.0 Å². The first-order chi connectivity index (χ1) is 16.4. The fourth-order valence-electron chi connectivity index (χ4n) is 3.75. The lowest BCUT2D eigenvalue weighted by Gasteiger charge is -2.05. The number of nitrogens with one attached hydrogen (secondary N) is 1. The van der Waals surface area contributed by atoms with E-state index in [4.69, 9.17) is 0 Å². The van der Waals surface area contributed by atoms with Crippen molar-refractivity contribution in [2.24, 2.45) is 4.99 Å². The number of nitrogens with zero attached hydrogens (tertiary/aromatic N) is 4. The van der Waals surface area contributed by atoms with Gasteiger partial charge in [-0.25, -0.2) is 4.98 Å². The van der Waals surface area contributed by atoms with Gasteiger partial charge in [0, 0.05) is 17.7 Å². The number of para-hydroxylation sites is 1. The number of benzene rings is 3. The van der Waals surface area contributed by atoms with Crippen LogP contribution in [-0.4, -0.2) is 25.4 Å². The van der Waals surface area contributed by atoms with Gasteiger partial charge >= 0.3 is 0 Å². The van der Waals surface area contributed by atoms with E-state index in [1.807, 2.05) is 61.5 Å². The highest BCUT2D eigenvalue weighted by Crippen LogP contribution is 2.29. The Kier molecular flexibility index (Phi) is 5.39. The third-order valence-corrected chi connectivity index (χ3v) is 6.50. The van der Waals surface area contributed by atoms with Crippen LogP contribution in [0, 0.1) is 17.0 Å². The first kappa shape index (κ1) is 21.5. The van der Waals surface area contributed by atoms with Crippen molar-refractivity contribution in [3.8, 4) is 16.4 Å². The molecule has 168 valence electrons. The second kappa shape index (κ2) is 8.53. The number of thiazole rings is 1. The lowest BCUT2D eigenvalue weighted by molar-refractivity contribution is -0.384. The SMILES string of the molecule is CC(=Nc1cc([N+](=O)[O-])ccc1C)c1c(-c2ccccc2)[nH]n(-c2nc3ccccc3s2)c1=O. The summed E-state index contributed by atoms with van der Waals surface area (Å²) in [5.41, 5.74) is 3.94. The molecule has 5 rings (SSSR count). The highest BCUT2D eigenvalue weighted by molar-refractivity contribution is 7.20. The lowest BCUT2D eigenvalue weighted by atomic mass is 10.0. The Morgan fingerprint density at radius 1 is 1.09 bits per heavy atom. The molecule has 0 spiro atoms. The van der Waals surface area contributed by atoms with Crippen molar-refractivity contribution in [1.29, 1.82) is 0 Å². The summed E-state index contributed by atoms with van der Waals surface area (Å²) in [6.07, 6.45) is 0. The Hall–Kier alpha value is -4.37. The fraction of sp³-hybridized carbons (Fsp3) is 0.0800. The number of nitro groups is 1. The number of rotatable bonds is 5. The summed E-state index contributed by atoms with van der Waals surface area (Å²) in [4.78, 5) is 33.7. The molecule has 0 aliphatic carbocycles. The molecule has 0 fully saturated rings. The van der Waals surface area contributed by atoms with Crippen LogP contribution in [-0.2, 0) is 0 Å². The van der Waals surface area contributed by atoms with E-state index in [1.165, 1.54) is 28.2 Å². The van der Waals surface area contributed by atoms with Crippen LogP contribution in [0.25, 0.3) is 26.6 Å². The van der Waals surface area contributed by atoms with Gasteiger partial charge in [-0.2, -0.15) is 4.68 Å². The molecule has 5 aromatic rings. The Bertz CT molecular complexity index is 1600. The minimum absolute atomic E-state index is 0.0543.